The number of amides is 1. The van der Waals surface area contributed by atoms with Crippen LogP contribution in [0.25, 0.3) is 21.9 Å². The predicted octanol–water partition coefficient (Wildman–Crippen LogP) is 12.7. The number of benzene rings is 6. The lowest BCUT2D eigenvalue weighted by Crippen LogP contribution is -2.70. The molecule has 13 heteroatoms. The van der Waals surface area contributed by atoms with Crippen LogP contribution in [0.3, 0.4) is 0 Å². The molecule has 1 saturated carbocycles. The Kier molecular flexibility index (Phi) is 16.3. The van der Waals surface area contributed by atoms with Gasteiger partial charge < -0.3 is 34.0 Å². The van der Waals surface area contributed by atoms with Gasteiger partial charge in [-0.1, -0.05) is 115 Å². The van der Waals surface area contributed by atoms with E-state index in [1.54, 1.807) is 30.0 Å². The number of non-ortho nitro benzene ring substituents is 1. The van der Waals surface area contributed by atoms with E-state index in [4.69, 9.17) is 28.9 Å². The van der Waals surface area contributed by atoms with Gasteiger partial charge in [-0.25, -0.2) is 4.79 Å². The van der Waals surface area contributed by atoms with Gasteiger partial charge in [-0.3, -0.25) is 15.0 Å². The smallest absolute Gasteiger partial charge is 0.410 e. The molecule has 73 heavy (non-hydrogen) atoms. The standard InChI is InChI=1S/C60H63N3O10/c1-3-35-70-60-56(62(59(66)69-4-2)39-46-20-14-19-44-17-8-9-21-50(44)46)38-54(61-71-40-41-23-27-47(28-24-41)63(67)68)52-36-45(18-10-12-33-64)51(22-11-13-34-65)57(58(52)60)53-37-49(31-32-55(53)73-60)72-48-29-25-43(26-30-48)42-15-6-5-7-16-42/h3,5-9,14-17,19-21,23-32,36-37,45,51,56-58,64-65H,1,4,10-13,18,22,33-35,38-40H2,2H3/t45-,51+,56-,57+,58+,60+/m0/s1. The van der Waals surface area contributed by atoms with Crippen molar-refractivity contribution < 1.29 is 43.7 Å². The first-order valence-electron chi connectivity index (χ1n) is 25.4. The Balaban J connectivity index is 1.22. The summed E-state index contributed by atoms with van der Waals surface area (Å²) in [5.41, 5.74) is 6.12. The van der Waals surface area contributed by atoms with Gasteiger partial charge in [0.2, 0.25) is 5.79 Å². The van der Waals surface area contributed by atoms with Crippen LogP contribution in [0.15, 0.2) is 169 Å². The van der Waals surface area contributed by atoms with Gasteiger partial charge in [-0.15, -0.1) is 6.58 Å². The van der Waals surface area contributed by atoms with Crippen LogP contribution in [-0.4, -0.2) is 70.1 Å². The normalized spacial score (nSPS) is 21.3. The number of nitrogens with zero attached hydrogens (tertiary/aromatic N) is 3. The zero-order valence-corrected chi connectivity index (χ0v) is 41.2. The molecule has 1 heterocycles. The summed E-state index contributed by atoms with van der Waals surface area (Å²) in [4.78, 5) is 33.9. The number of carbonyl (C=O) groups excluding carboxylic acids is 1. The second-order valence-electron chi connectivity index (χ2n) is 18.9. The average molecular weight is 986 g/mol. The largest absolute Gasteiger partial charge is 0.459 e. The molecule has 2 N–H and O–H groups in total. The Labute approximate surface area is 426 Å². The predicted molar refractivity (Wildman–Crippen MR) is 281 cm³/mol. The molecule has 378 valence electrons. The van der Waals surface area contributed by atoms with Crippen LogP contribution in [0, 0.1) is 27.9 Å². The van der Waals surface area contributed by atoms with Gasteiger partial charge in [-0.2, -0.15) is 0 Å². The number of aliphatic hydroxyl groups is 2. The molecule has 0 unspecified atom stereocenters. The van der Waals surface area contributed by atoms with E-state index in [-0.39, 0.29) is 69.4 Å². The van der Waals surface area contributed by atoms with Crippen molar-refractivity contribution in [2.75, 3.05) is 26.4 Å². The quantitative estimate of drug-likeness (QED) is 0.0290. The Bertz CT molecular complexity index is 2920. The fraction of sp³-hybridized carbons (Fsp3) is 0.333. The Morgan fingerprint density at radius 2 is 1.58 bits per heavy atom. The highest BCUT2D eigenvalue weighted by Crippen LogP contribution is 2.62. The van der Waals surface area contributed by atoms with Crippen molar-refractivity contribution in [1.29, 1.82) is 0 Å². The molecule has 6 atom stereocenters. The van der Waals surface area contributed by atoms with Crippen LogP contribution in [0.4, 0.5) is 10.5 Å². The van der Waals surface area contributed by atoms with Gasteiger partial charge in [-0.05, 0) is 126 Å². The maximum absolute atomic E-state index is 14.9. The van der Waals surface area contributed by atoms with Crippen molar-refractivity contribution in [1.82, 2.24) is 4.90 Å². The van der Waals surface area contributed by atoms with Gasteiger partial charge in [0.05, 0.1) is 36.3 Å². The number of fused-ring (bicyclic) bond motifs is 3. The maximum Gasteiger partial charge on any atom is 0.410 e. The van der Waals surface area contributed by atoms with Crippen LogP contribution in [0.2, 0.25) is 0 Å². The first-order valence-corrected chi connectivity index (χ1v) is 25.4. The van der Waals surface area contributed by atoms with Crippen LogP contribution in [-0.2, 0) is 27.5 Å². The summed E-state index contributed by atoms with van der Waals surface area (Å²) in [6, 6.07) is 43.6. The molecule has 0 radical (unpaired) electrons. The van der Waals surface area contributed by atoms with Crippen molar-refractivity contribution in [2.24, 2.45) is 22.9 Å². The van der Waals surface area contributed by atoms with E-state index in [9.17, 15) is 25.1 Å². The van der Waals surface area contributed by atoms with E-state index < -0.39 is 28.8 Å². The number of nitro groups is 1. The number of nitro benzene ring substituents is 1. The van der Waals surface area contributed by atoms with Gasteiger partial charge in [0, 0.05) is 43.2 Å². The minimum atomic E-state index is -1.53. The molecule has 3 aliphatic rings. The third-order valence-electron chi connectivity index (χ3n) is 14.5. The highest BCUT2D eigenvalue weighted by atomic mass is 16.7. The van der Waals surface area contributed by atoms with E-state index in [0.29, 0.717) is 41.4 Å². The molecule has 9 rings (SSSR count). The maximum atomic E-state index is 14.9. The summed E-state index contributed by atoms with van der Waals surface area (Å²) >= 11 is 0. The van der Waals surface area contributed by atoms with E-state index >= 15 is 0 Å². The molecule has 1 amide bonds. The van der Waals surface area contributed by atoms with Gasteiger partial charge in [0.1, 0.15) is 29.9 Å². The van der Waals surface area contributed by atoms with Crippen molar-refractivity contribution >= 4 is 28.3 Å². The molecule has 6 aromatic carbocycles. The topological polar surface area (TPSA) is 162 Å². The van der Waals surface area contributed by atoms with Gasteiger partial charge in [0.25, 0.3) is 5.69 Å². The number of carbonyl (C=O) groups is 1. The third kappa shape index (κ3) is 11.0. The lowest BCUT2D eigenvalue weighted by molar-refractivity contribution is -0.384. The van der Waals surface area contributed by atoms with Gasteiger partial charge >= 0.3 is 6.09 Å². The Hall–Kier alpha value is -7.32. The van der Waals surface area contributed by atoms with E-state index in [1.165, 1.54) is 12.1 Å². The summed E-state index contributed by atoms with van der Waals surface area (Å²) in [6.45, 7) is 6.37. The molecule has 1 aliphatic heterocycles. The highest BCUT2D eigenvalue weighted by molar-refractivity contribution is 6.03. The fourth-order valence-electron chi connectivity index (χ4n) is 11.2. The number of allylic oxidation sites excluding steroid dienone is 1. The summed E-state index contributed by atoms with van der Waals surface area (Å²) in [6.07, 6.45) is 7.88. The third-order valence-corrected chi connectivity index (χ3v) is 14.5. The first-order chi connectivity index (χ1) is 35.7. The number of rotatable bonds is 22. The van der Waals surface area contributed by atoms with Crippen LogP contribution in [0.1, 0.15) is 74.5 Å². The molecule has 13 nitrogen and oxygen atoms in total. The number of aliphatic hydroxyl groups excluding tert-OH is 2. The minimum absolute atomic E-state index is 0.00656. The van der Waals surface area contributed by atoms with Crippen LogP contribution >= 0.6 is 0 Å². The SMILES string of the molecule is C=CCO[C@@]12Oc3ccc(Oc4ccc(-c5ccccc5)cc4)cc3[C@H]3[C@H](CCCCO)[C@@H](CCCCO)C=C(C(=NOCc4ccc([N+](=O)[O-])cc4)C[C@@H]1N(Cc1cccc4ccccc14)C(=O)OCC)[C@H]32. The first kappa shape index (κ1) is 50.6. The summed E-state index contributed by atoms with van der Waals surface area (Å²) in [5, 5.41) is 38.6. The molecule has 0 bridgehead atoms. The second-order valence-corrected chi connectivity index (χ2v) is 18.9. The molecule has 0 saturated heterocycles. The van der Waals surface area contributed by atoms with Crippen LogP contribution < -0.4 is 9.47 Å². The molecule has 2 aliphatic carbocycles. The fourth-order valence-corrected chi connectivity index (χ4v) is 11.2. The van der Waals surface area contributed by atoms with Crippen molar-refractivity contribution in [3.05, 3.63) is 191 Å². The molecular formula is C60H63N3O10. The van der Waals surface area contributed by atoms with Gasteiger partial charge in [0.15, 0.2) is 0 Å². The van der Waals surface area contributed by atoms with Crippen molar-refractivity contribution in [3.8, 4) is 28.4 Å². The zero-order chi connectivity index (χ0) is 50.7. The number of hydrogen-bond acceptors (Lipinski definition) is 11. The molecule has 1 fully saturated rings. The number of hydrogen-bond donors (Lipinski definition) is 2. The summed E-state index contributed by atoms with van der Waals surface area (Å²) < 4.78 is 27.3. The molecular weight excluding hydrogens is 923 g/mol. The molecule has 0 aromatic heterocycles. The number of unbranched alkanes of at least 4 members (excludes halogenated alkanes) is 2. The number of oxime groups is 1. The Morgan fingerprint density at radius 1 is 0.863 bits per heavy atom. The van der Waals surface area contributed by atoms with Crippen LogP contribution in [0.5, 0.6) is 17.2 Å². The second kappa shape index (κ2) is 23.5. The Morgan fingerprint density at radius 3 is 2.32 bits per heavy atom. The number of ether oxygens (including phenoxy) is 4. The van der Waals surface area contributed by atoms with Crippen molar-refractivity contribution in [2.45, 2.75) is 82.8 Å². The lowest BCUT2D eigenvalue weighted by Gasteiger charge is -2.59. The van der Waals surface area contributed by atoms with E-state index in [2.05, 4.69) is 30.9 Å². The highest BCUT2D eigenvalue weighted by Gasteiger charge is 2.65. The van der Waals surface area contributed by atoms with E-state index in [1.807, 2.05) is 97.1 Å². The zero-order valence-electron chi connectivity index (χ0n) is 41.2. The average Bonchev–Trinajstić information content (AvgIpc) is 3.41. The van der Waals surface area contributed by atoms with Crippen molar-refractivity contribution in [3.63, 3.8) is 0 Å². The monoisotopic (exact) mass is 985 g/mol. The molecule has 0 spiro atoms. The summed E-state index contributed by atoms with van der Waals surface area (Å²) in [5.74, 6) is -0.578. The molecule has 6 aromatic rings. The minimum Gasteiger partial charge on any atom is -0.459 e. The summed E-state index contributed by atoms with van der Waals surface area (Å²) in [7, 11) is 0. The van der Waals surface area contributed by atoms with E-state index in [0.717, 1.165) is 64.3 Å². The lowest BCUT2D eigenvalue weighted by atomic mass is 9.55.